The predicted molar refractivity (Wildman–Crippen MR) is 91.9 cm³/mol. The summed E-state index contributed by atoms with van der Waals surface area (Å²) >= 11 is 6.08. The van der Waals surface area contributed by atoms with Gasteiger partial charge >= 0.3 is 0 Å². The fraction of sp³-hybridized carbons (Fsp3) is 0.588. The number of aliphatic hydroxyl groups excluding tert-OH is 1. The molecule has 1 amide bonds. The number of benzene rings is 1. The molecule has 2 heterocycles. The average molecular weight is 338 g/mol. The summed E-state index contributed by atoms with van der Waals surface area (Å²) in [7, 11) is 0. The van der Waals surface area contributed by atoms with Crippen LogP contribution in [0.5, 0.6) is 0 Å². The quantitative estimate of drug-likeness (QED) is 0.907. The third-order valence-electron chi connectivity index (χ3n) is 4.89. The SMILES string of the molecule is O=C(CO)N1CCC[C@@H](N2CCN(c3cccc(Cl)c3)CC2)C1. The monoisotopic (exact) mass is 337 g/mol. The van der Waals surface area contributed by atoms with Gasteiger partial charge in [-0.25, -0.2) is 0 Å². The van der Waals surface area contributed by atoms with Crippen LogP contribution in [0.15, 0.2) is 24.3 Å². The van der Waals surface area contributed by atoms with Gasteiger partial charge in [0.15, 0.2) is 0 Å². The smallest absolute Gasteiger partial charge is 0.248 e. The lowest BCUT2D eigenvalue weighted by Gasteiger charge is -2.43. The average Bonchev–Trinajstić information content (AvgIpc) is 2.61. The van der Waals surface area contributed by atoms with Crippen molar-refractivity contribution >= 4 is 23.2 Å². The fourth-order valence-corrected chi connectivity index (χ4v) is 3.78. The Morgan fingerprint density at radius 3 is 2.70 bits per heavy atom. The number of anilines is 1. The summed E-state index contributed by atoms with van der Waals surface area (Å²) in [5, 5.41) is 9.82. The number of aliphatic hydroxyl groups is 1. The number of carbonyl (C=O) groups is 1. The van der Waals surface area contributed by atoms with Crippen molar-refractivity contribution in [1.82, 2.24) is 9.80 Å². The minimum atomic E-state index is -0.380. The first-order chi connectivity index (χ1) is 11.2. The largest absolute Gasteiger partial charge is 0.387 e. The number of amides is 1. The van der Waals surface area contributed by atoms with Gasteiger partial charge < -0.3 is 14.9 Å². The van der Waals surface area contributed by atoms with E-state index in [9.17, 15) is 4.79 Å². The highest BCUT2D eigenvalue weighted by Gasteiger charge is 2.29. The van der Waals surface area contributed by atoms with E-state index >= 15 is 0 Å². The molecular weight excluding hydrogens is 314 g/mol. The number of carbonyl (C=O) groups excluding carboxylic acids is 1. The first-order valence-electron chi connectivity index (χ1n) is 8.30. The van der Waals surface area contributed by atoms with E-state index in [0.29, 0.717) is 6.04 Å². The molecule has 2 fully saturated rings. The summed E-state index contributed by atoms with van der Waals surface area (Å²) < 4.78 is 0. The summed E-state index contributed by atoms with van der Waals surface area (Å²) in [6.07, 6.45) is 2.15. The number of rotatable bonds is 3. The Bertz CT molecular complexity index is 546. The van der Waals surface area contributed by atoms with Crippen LogP contribution in [0, 0.1) is 0 Å². The topological polar surface area (TPSA) is 47.0 Å². The Kier molecular flexibility index (Phi) is 5.41. The van der Waals surface area contributed by atoms with E-state index in [2.05, 4.69) is 15.9 Å². The van der Waals surface area contributed by atoms with Crippen molar-refractivity contribution in [3.8, 4) is 0 Å². The highest BCUT2D eigenvalue weighted by Crippen LogP contribution is 2.23. The molecule has 2 aliphatic heterocycles. The van der Waals surface area contributed by atoms with Crippen LogP contribution in [-0.2, 0) is 4.79 Å². The van der Waals surface area contributed by atoms with Gasteiger partial charge in [-0.2, -0.15) is 0 Å². The van der Waals surface area contributed by atoms with E-state index in [1.54, 1.807) is 4.90 Å². The second-order valence-electron chi connectivity index (χ2n) is 6.30. The zero-order valence-electron chi connectivity index (χ0n) is 13.3. The lowest BCUT2D eigenvalue weighted by molar-refractivity contribution is -0.136. The van der Waals surface area contributed by atoms with Crippen LogP contribution in [-0.4, -0.2) is 72.7 Å². The van der Waals surface area contributed by atoms with Crippen molar-refractivity contribution in [3.63, 3.8) is 0 Å². The molecule has 2 saturated heterocycles. The predicted octanol–water partition coefficient (Wildman–Crippen LogP) is 1.45. The van der Waals surface area contributed by atoms with Gasteiger partial charge in [-0.05, 0) is 31.0 Å². The molecule has 23 heavy (non-hydrogen) atoms. The van der Waals surface area contributed by atoms with Crippen molar-refractivity contribution in [1.29, 1.82) is 0 Å². The summed E-state index contributed by atoms with van der Waals surface area (Å²) in [5.74, 6) is -0.146. The third kappa shape index (κ3) is 3.97. The Morgan fingerprint density at radius 2 is 2.00 bits per heavy atom. The van der Waals surface area contributed by atoms with E-state index in [1.807, 2.05) is 18.2 Å². The van der Waals surface area contributed by atoms with E-state index < -0.39 is 0 Å². The molecule has 1 aromatic carbocycles. The molecule has 126 valence electrons. The molecule has 1 N–H and O–H groups in total. The second-order valence-corrected chi connectivity index (χ2v) is 6.73. The number of likely N-dealkylation sites (tertiary alicyclic amines) is 1. The second kappa shape index (κ2) is 7.51. The van der Waals surface area contributed by atoms with Gasteiger partial charge in [0.25, 0.3) is 0 Å². The minimum Gasteiger partial charge on any atom is -0.387 e. The molecule has 0 aliphatic carbocycles. The molecular formula is C17H24ClN3O2. The molecule has 0 saturated carbocycles. The Hall–Kier alpha value is -1.30. The molecule has 5 nitrogen and oxygen atoms in total. The van der Waals surface area contributed by atoms with Crippen LogP contribution >= 0.6 is 11.6 Å². The number of hydrogen-bond donors (Lipinski definition) is 1. The van der Waals surface area contributed by atoms with Gasteiger partial charge in [0.05, 0.1) is 0 Å². The van der Waals surface area contributed by atoms with Crippen LogP contribution < -0.4 is 4.90 Å². The van der Waals surface area contributed by atoms with Crippen LogP contribution in [0.2, 0.25) is 5.02 Å². The first kappa shape index (κ1) is 16.6. The lowest BCUT2D eigenvalue weighted by Crippen LogP contribution is -2.56. The summed E-state index contributed by atoms with van der Waals surface area (Å²) in [5.41, 5.74) is 1.18. The molecule has 0 unspecified atom stereocenters. The zero-order chi connectivity index (χ0) is 16.2. The van der Waals surface area contributed by atoms with Gasteiger partial charge in [-0.15, -0.1) is 0 Å². The Morgan fingerprint density at radius 1 is 1.22 bits per heavy atom. The zero-order valence-corrected chi connectivity index (χ0v) is 14.1. The fourth-order valence-electron chi connectivity index (χ4n) is 3.60. The van der Waals surface area contributed by atoms with E-state index in [1.165, 1.54) is 5.69 Å². The minimum absolute atomic E-state index is 0.146. The molecule has 6 heteroatoms. The molecule has 1 atom stereocenters. The van der Waals surface area contributed by atoms with Crippen LogP contribution in [0.4, 0.5) is 5.69 Å². The molecule has 0 spiro atoms. The normalized spacial score (nSPS) is 23.1. The van der Waals surface area contributed by atoms with Crippen LogP contribution in [0.25, 0.3) is 0 Å². The highest BCUT2D eigenvalue weighted by atomic mass is 35.5. The number of piperidine rings is 1. The van der Waals surface area contributed by atoms with Gasteiger partial charge in [0, 0.05) is 56.0 Å². The summed E-state index contributed by atoms with van der Waals surface area (Å²) in [6.45, 7) is 5.09. The summed E-state index contributed by atoms with van der Waals surface area (Å²) in [6, 6.07) is 8.42. The number of hydrogen-bond acceptors (Lipinski definition) is 4. The highest BCUT2D eigenvalue weighted by molar-refractivity contribution is 6.30. The van der Waals surface area contributed by atoms with Crippen molar-refractivity contribution in [2.45, 2.75) is 18.9 Å². The Balaban J connectivity index is 1.55. The number of nitrogens with zero attached hydrogens (tertiary/aromatic N) is 3. The van der Waals surface area contributed by atoms with Gasteiger partial charge in [-0.1, -0.05) is 17.7 Å². The molecule has 1 aromatic rings. The summed E-state index contributed by atoms with van der Waals surface area (Å²) in [4.78, 5) is 18.4. The maximum Gasteiger partial charge on any atom is 0.248 e. The van der Waals surface area contributed by atoms with E-state index in [-0.39, 0.29) is 12.5 Å². The molecule has 2 aliphatic rings. The van der Waals surface area contributed by atoms with Gasteiger partial charge in [-0.3, -0.25) is 9.69 Å². The van der Waals surface area contributed by atoms with Crippen molar-refractivity contribution in [2.75, 3.05) is 50.8 Å². The molecule has 0 radical (unpaired) electrons. The first-order valence-corrected chi connectivity index (χ1v) is 8.68. The maximum absolute atomic E-state index is 11.7. The van der Waals surface area contributed by atoms with Crippen molar-refractivity contribution in [2.24, 2.45) is 0 Å². The number of piperazine rings is 1. The van der Waals surface area contributed by atoms with Gasteiger partial charge in [0.1, 0.15) is 6.61 Å². The van der Waals surface area contributed by atoms with Crippen molar-refractivity contribution in [3.05, 3.63) is 29.3 Å². The van der Waals surface area contributed by atoms with E-state index in [4.69, 9.17) is 16.7 Å². The molecule has 0 aromatic heterocycles. The van der Waals surface area contributed by atoms with Crippen LogP contribution in [0.3, 0.4) is 0 Å². The van der Waals surface area contributed by atoms with Crippen LogP contribution in [0.1, 0.15) is 12.8 Å². The standard InChI is InChI=1S/C17H24ClN3O2/c18-14-3-1-4-15(11-14)19-7-9-20(10-8-19)16-5-2-6-21(12-16)17(23)13-22/h1,3-4,11,16,22H,2,5-10,12-13H2/t16-/m1/s1. The lowest BCUT2D eigenvalue weighted by atomic mass is 10.0. The van der Waals surface area contributed by atoms with E-state index in [0.717, 1.165) is 57.1 Å². The Labute approximate surface area is 142 Å². The number of halogens is 1. The molecule has 3 rings (SSSR count). The maximum atomic E-state index is 11.7. The van der Waals surface area contributed by atoms with Crippen molar-refractivity contribution < 1.29 is 9.90 Å². The molecule has 0 bridgehead atoms. The van der Waals surface area contributed by atoms with Gasteiger partial charge in [0.2, 0.25) is 5.91 Å². The third-order valence-corrected chi connectivity index (χ3v) is 5.12.